The van der Waals surface area contributed by atoms with Gasteiger partial charge in [0, 0.05) is 30.6 Å². The lowest BCUT2D eigenvalue weighted by Crippen LogP contribution is -2.35. The summed E-state index contributed by atoms with van der Waals surface area (Å²) < 4.78 is 19.6. The number of ether oxygens (including phenoxy) is 1. The van der Waals surface area contributed by atoms with E-state index in [1.165, 1.54) is 19.2 Å². The number of benzene rings is 1. The van der Waals surface area contributed by atoms with E-state index in [1.54, 1.807) is 18.2 Å². The Balaban J connectivity index is 1.53. The van der Waals surface area contributed by atoms with Crippen molar-refractivity contribution in [3.63, 3.8) is 0 Å². The minimum absolute atomic E-state index is 0.00728. The summed E-state index contributed by atoms with van der Waals surface area (Å²) in [5, 5.41) is 12.6. The van der Waals surface area contributed by atoms with E-state index < -0.39 is 6.04 Å². The minimum Gasteiger partial charge on any atom is -0.481 e. The maximum Gasteiger partial charge on any atom is 0.220 e. The normalized spacial score (nSPS) is 21.1. The Kier molecular flexibility index (Phi) is 6.77. The van der Waals surface area contributed by atoms with E-state index in [0.29, 0.717) is 48.1 Å². The van der Waals surface area contributed by atoms with Crippen LogP contribution in [0.4, 0.5) is 10.3 Å². The number of aliphatic hydroxyl groups is 1. The van der Waals surface area contributed by atoms with Crippen LogP contribution in [0.1, 0.15) is 35.0 Å². The summed E-state index contributed by atoms with van der Waals surface area (Å²) in [5.41, 5.74) is 13.1. The topological polar surface area (TPSA) is 140 Å². The quantitative estimate of drug-likeness (QED) is 0.379. The monoisotopic (exact) mass is 493 g/mol. The molecule has 2 aliphatic heterocycles. The van der Waals surface area contributed by atoms with Gasteiger partial charge in [-0.2, -0.15) is 0 Å². The van der Waals surface area contributed by atoms with Crippen LogP contribution in [0, 0.1) is 12.7 Å². The van der Waals surface area contributed by atoms with Crippen LogP contribution in [-0.2, 0) is 11.3 Å². The zero-order valence-corrected chi connectivity index (χ0v) is 20.0. The molecule has 188 valence electrons. The van der Waals surface area contributed by atoms with Crippen molar-refractivity contribution in [1.82, 2.24) is 25.7 Å². The first-order valence-corrected chi connectivity index (χ1v) is 11.7. The number of nitrogens with zero attached hydrogens (tertiary/aromatic N) is 4. The molecule has 0 bridgehead atoms. The van der Waals surface area contributed by atoms with Gasteiger partial charge in [-0.25, -0.2) is 24.8 Å². The third-order valence-electron chi connectivity index (χ3n) is 6.40. The summed E-state index contributed by atoms with van der Waals surface area (Å²) in [6, 6.07) is 9.50. The SMILES string of the molecule is COc1cccc(-c2cc(F)ccc2C2Cc3nc(N)nc(C)c3C(NO[C@H]3CN[C@H](CO)C3)=N2)n1. The standard InChI is InChI=1S/C25H28FN7O3/c1-13-23-21(32-25(27)29-13)10-20(31-24(23)33-36-16-9-15(12-34)28-11-16)17-7-6-14(26)8-18(17)19-4-3-5-22(30-19)35-2/h3-8,15-16,20,28,34H,9-12H2,1-2H3,(H,31,33)(H2,27,29,32)/t15-,16+,20?/m0/s1. The highest BCUT2D eigenvalue weighted by Crippen LogP contribution is 2.36. The largest absolute Gasteiger partial charge is 0.481 e. The first kappa shape index (κ1) is 24.0. The third-order valence-corrected chi connectivity index (χ3v) is 6.40. The molecule has 0 saturated carbocycles. The van der Waals surface area contributed by atoms with Gasteiger partial charge in [-0.05, 0) is 37.1 Å². The number of amidine groups is 1. The van der Waals surface area contributed by atoms with Crippen molar-refractivity contribution in [1.29, 1.82) is 0 Å². The van der Waals surface area contributed by atoms with Gasteiger partial charge >= 0.3 is 0 Å². The van der Waals surface area contributed by atoms with Crippen molar-refractivity contribution in [2.75, 3.05) is 26.0 Å². The average Bonchev–Trinajstić information content (AvgIpc) is 3.35. The fourth-order valence-corrected chi connectivity index (χ4v) is 4.69. The lowest BCUT2D eigenvalue weighted by molar-refractivity contribution is 0.0202. The van der Waals surface area contributed by atoms with Gasteiger partial charge in [-0.15, -0.1) is 0 Å². The molecule has 1 aromatic carbocycles. The van der Waals surface area contributed by atoms with Gasteiger partial charge in [0.05, 0.1) is 48.5 Å². The molecular weight excluding hydrogens is 465 g/mol. The van der Waals surface area contributed by atoms with Crippen LogP contribution in [0.25, 0.3) is 11.3 Å². The molecule has 2 aromatic heterocycles. The fourth-order valence-electron chi connectivity index (χ4n) is 4.69. The molecule has 1 unspecified atom stereocenters. The lowest BCUT2D eigenvalue weighted by Gasteiger charge is -2.26. The second kappa shape index (κ2) is 10.1. The Hall–Kier alpha value is -3.67. The van der Waals surface area contributed by atoms with Crippen LogP contribution in [-0.4, -0.2) is 58.3 Å². The van der Waals surface area contributed by atoms with E-state index in [4.69, 9.17) is 20.3 Å². The van der Waals surface area contributed by atoms with E-state index >= 15 is 0 Å². The number of fused-ring (bicyclic) bond motifs is 1. The number of pyridine rings is 1. The number of hydroxylamine groups is 1. The smallest absolute Gasteiger partial charge is 0.220 e. The number of aryl methyl sites for hydroxylation is 1. The highest BCUT2D eigenvalue weighted by molar-refractivity contribution is 6.01. The highest BCUT2D eigenvalue weighted by Gasteiger charge is 2.30. The number of nitrogen functional groups attached to an aromatic ring is 1. The number of nitrogens with one attached hydrogen (secondary N) is 2. The van der Waals surface area contributed by atoms with Crippen LogP contribution in [0.5, 0.6) is 5.88 Å². The molecule has 5 N–H and O–H groups in total. The van der Waals surface area contributed by atoms with Crippen molar-refractivity contribution in [2.45, 2.75) is 38.0 Å². The van der Waals surface area contributed by atoms with E-state index in [9.17, 15) is 9.50 Å². The van der Waals surface area contributed by atoms with Crippen molar-refractivity contribution < 1.29 is 19.1 Å². The summed E-state index contributed by atoms with van der Waals surface area (Å²) in [7, 11) is 1.54. The number of aliphatic imine (C=N–C) groups is 1. The Bertz CT molecular complexity index is 1300. The second-order valence-corrected chi connectivity index (χ2v) is 8.85. The van der Waals surface area contributed by atoms with E-state index in [0.717, 1.165) is 16.8 Å². The third kappa shape index (κ3) is 4.85. The van der Waals surface area contributed by atoms with Crippen molar-refractivity contribution in [3.8, 4) is 17.1 Å². The zero-order chi connectivity index (χ0) is 25.2. The number of aromatic nitrogens is 3. The first-order valence-electron chi connectivity index (χ1n) is 11.7. The Morgan fingerprint density at radius 3 is 2.86 bits per heavy atom. The predicted octanol–water partition coefficient (Wildman–Crippen LogP) is 1.86. The van der Waals surface area contributed by atoms with Crippen molar-refractivity contribution in [2.24, 2.45) is 4.99 Å². The highest BCUT2D eigenvalue weighted by atomic mass is 19.1. The molecule has 3 aromatic rings. The molecule has 11 heteroatoms. The molecule has 0 radical (unpaired) electrons. The van der Waals surface area contributed by atoms with Crippen molar-refractivity contribution in [3.05, 3.63) is 64.7 Å². The van der Waals surface area contributed by atoms with Gasteiger partial charge in [0.1, 0.15) is 5.82 Å². The lowest BCUT2D eigenvalue weighted by atomic mass is 9.91. The molecule has 0 aliphatic carbocycles. The average molecular weight is 494 g/mol. The minimum atomic E-state index is -0.409. The summed E-state index contributed by atoms with van der Waals surface area (Å²) in [4.78, 5) is 24.2. The number of rotatable bonds is 6. The summed E-state index contributed by atoms with van der Waals surface area (Å²) in [6.07, 6.45) is 0.952. The maximum atomic E-state index is 14.4. The van der Waals surface area contributed by atoms with E-state index in [2.05, 4.69) is 25.7 Å². The molecule has 4 heterocycles. The summed E-state index contributed by atoms with van der Waals surface area (Å²) in [5.74, 6) is 0.695. The number of hydrogen-bond acceptors (Lipinski definition) is 10. The molecule has 0 amide bonds. The van der Waals surface area contributed by atoms with Crippen molar-refractivity contribution >= 4 is 11.8 Å². The molecule has 36 heavy (non-hydrogen) atoms. The predicted molar refractivity (Wildman–Crippen MR) is 132 cm³/mol. The number of anilines is 1. The number of aliphatic hydroxyl groups excluding tert-OH is 1. The van der Waals surface area contributed by atoms with Gasteiger partial charge in [0.2, 0.25) is 11.8 Å². The van der Waals surface area contributed by atoms with Gasteiger partial charge in [0.15, 0.2) is 5.84 Å². The van der Waals surface area contributed by atoms with Gasteiger partial charge in [-0.3, -0.25) is 9.83 Å². The molecule has 10 nitrogen and oxygen atoms in total. The summed E-state index contributed by atoms with van der Waals surface area (Å²) in [6.45, 7) is 2.49. The number of halogens is 1. The summed E-state index contributed by atoms with van der Waals surface area (Å²) >= 11 is 0. The van der Waals surface area contributed by atoms with Gasteiger partial charge in [0.25, 0.3) is 0 Å². The van der Waals surface area contributed by atoms with E-state index in [1.807, 2.05) is 13.0 Å². The van der Waals surface area contributed by atoms with Crippen LogP contribution in [0.15, 0.2) is 41.4 Å². The number of hydrogen-bond donors (Lipinski definition) is 4. The first-order chi connectivity index (χ1) is 17.4. The number of nitrogens with two attached hydrogens (primary N) is 1. The molecule has 5 rings (SSSR count). The fraction of sp³-hybridized carbons (Fsp3) is 0.360. The van der Waals surface area contributed by atoms with Crippen LogP contribution < -0.4 is 21.3 Å². The van der Waals surface area contributed by atoms with Crippen LogP contribution >= 0.6 is 0 Å². The maximum absolute atomic E-state index is 14.4. The zero-order valence-electron chi connectivity index (χ0n) is 20.0. The van der Waals surface area contributed by atoms with E-state index in [-0.39, 0.29) is 30.5 Å². The van der Waals surface area contributed by atoms with Gasteiger partial charge < -0.3 is 20.9 Å². The van der Waals surface area contributed by atoms with Crippen LogP contribution in [0.2, 0.25) is 0 Å². The van der Waals surface area contributed by atoms with Gasteiger partial charge in [-0.1, -0.05) is 12.1 Å². The molecule has 0 spiro atoms. The molecule has 1 fully saturated rings. The second-order valence-electron chi connectivity index (χ2n) is 8.85. The Morgan fingerprint density at radius 1 is 1.22 bits per heavy atom. The Labute approximate surface area is 207 Å². The Morgan fingerprint density at radius 2 is 2.08 bits per heavy atom. The van der Waals surface area contributed by atoms with Crippen LogP contribution in [0.3, 0.4) is 0 Å². The molecular formula is C25H28FN7O3. The molecule has 3 atom stereocenters. The number of methoxy groups -OCH3 is 1. The molecule has 2 aliphatic rings. The molecule has 1 saturated heterocycles.